The molecule has 4 rings (SSSR count). The number of nitrogens with one attached hydrogen (secondary N) is 2. The quantitative estimate of drug-likeness (QED) is 0.147. The van der Waals surface area contributed by atoms with Crippen molar-refractivity contribution in [3.8, 4) is 5.75 Å². The third-order valence-corrected chi connectivity index (χ3v) is 8.43. The van der Waals surface area contributed by atoms with Gasteiger partial charge in [-0.1, -0.05) is 18.7 Å². The number of ether oxygens (including phenoxy) is 4. The Hall–Kier alpha value is -3.13. The van der Waals surface area contributed by atoms with Crippen LogP contribution < -0.4 is 21.1 Å². The molecular weight excluding hydrogens is 579 g/mol. The molecule has 1 aromatic carbocycles. The number of hydrogen-bond donors (Lipinski definition) is 3. The monoisotopic (exact) mass is 623 g/mol. The van der Waals surface area contributed by atoms with Gasteiger partial charge in [-0.05, 0) is 63.1 Å². The van der Waals surface area contributed by atoms with Gasteiger partial charge in [-0.3, -0.25) is 4.79 Å². The molecule has 0 radical (unpaired) electrons. The first-order chi connectivity index (χ1) is 21.1. The molecule has 3 saturated heterocycles. The average molecular weight is 624 g/mol. The summed E-state index contributed by atoms with van der Waals surface area (Å²) in [6, 6.07) is 6.29. The third kappa shape index (κ3) is 9.43. The van der Waals surface area contributed by atoms with Crippen LogP contribution in [0, 0.1) is 0 Å². The zero-order valence-corrected chi connectivity index (χ0v) is 25.4. The molecule has 13 heteroatoms. The van der Waals surface area contributed by atoms with E-state index in [0.717, 1.165) is 50.4 Å². The van der Waals surface area contributed by atoms with E-state index < -0.39 is 6.36 Å². The maximum Gasteiger partial charge on any atom is 0.573 e. The van der Waals surface area contributed by atoms with Crippen LogP contribution in [0.25, 0.3) is 0 Å². The number of rotatable bonds is 11. The molecule has 1 amide bonds. The Kier molecular flexibility index (Phi) is 12.1. The van der Waals surface area contributed by atoms with Crippen LogP contribution in [0.5, 0.6) is 5.75 Å². The van der Waals surface area contributed by atoms with Crippen molar-refractivity contribution in [1.82, 2.24) is 15.5 Å². The maximum absolute atomic E-state index is 13.5. The Morgan fingerprint density at radius 3 is 2.57 bits per heavy atom. The molecule has 0 spiro atoms. The molecule has 3 heterocycles. The number of piperidine rings is 1. The Morgan fingerprint density at radius 1 is 1.18 bits per heavy atom. The van der Waals surface area contributed by atoms with Crippen LogP contribution in [0.15, 0.2) is 52.8 Å². The number of nitrogens with zero attached hydrogens (tertiary/aromatic N) is 2. The number of likely N-dealkylation sites (tertiary alicyclic amines) is 1. The van der Waals surface area contributed by atoms with Crippen LogP contribution in [-0.2, 0) is 19.0 Å². The highest BCUT2D eigenvalue weighted by Gasteiger charge is 2.33. The van der Waals surface area contributed by atoms with Crippen molar-refractivity contribution in [3.05, 3.63) is 53.4 Å². The Bertz CT molecular complexity index is 1170. The number of carbonyl (C=O) groups is 1. The van der Waals surface area contributed by atoms with E-state index in [1.165, 1.54) is 12.1 Å². The number of alkyl halides is 3. The van der Waals surface area contributed by atoms with E-state index >= 15 is 0 Å². The molecule has 1 aromatic rings. The zero-order valence-electron chi connectivity index (χ0n) is 25.4. The molecule has 244 valence electrons. The second-order valence-corrected chi connectivity index (χ2v) is 11.4. The van der Waals surface area contributed by atoms with E-state index in [9.17, 15) is 18.0 Å². The Labute approximate surface area is 256 Å². The fourth-order valence-electron chi connectivity index (χ4n) is 5.91. The zero-order chi connectivity index (χ0) is 31.7. The predicted molar refractivity (Wildman–Crippen MR) is 160 cm³/mol. The second kappa shape index (κ2) is 15.7. The average Bonchev–Trinajstić information content (AvgIpc) is 3.02. The van der Waals surface area contributed by atoms with E-state index in [1.807, 2.05) is 0 Å². The van der Waals surface area contributed by atoms with Gasteiger partial charge >= 0.3 is 6.36 Å². The minimum Gasteiger partial charge on any atom is -0.406 e. The van der Waals surface area contributed by atoms with Gasteiger partial charge in [0.15, 0.2) is 0 Å². The first-order valence-corrected chi connectivity index (χ1v) is 15.1. The molecule has 0 unspecified atom stereocenters. The molecule has 10 nitrogen and oxygen atoms in total. The van der Waals surface area contributed by atoms with Gasteiger partial charge in [-0.2, -0.15) is 0 Å². The van der Waals surface area contributed by atoms with E-state index in [4.69, 9.17) is 19.9 Å². The van der Waals surface area contributed by atoms with Crippen LogP contribution in [-0.4, -0.2) is 87.8 Å². The van der Waals surface area contributed by atoms with Gasteiger partial charge in [0.25, 0.3) is 5.91 Å². The highest BCUT2D eigenvalue weighted by molar-refractivity contribution is 5.95. The summed E-state index contributed by atoms with van der Waals surface area (Å²) in [7, 11) is 1.70. The van der Waals surface area contributed by atoms with Gasteiger partial charge < -0.3 is 40.2 Å². The standard InChI is InChI=1S/C31H44F3N5O5/c1-20(21(2)36-17-25-5-4-6-27(43-25)22-7-9-24(10-8-22)44-31(32,33)34)29(37-19-35)30(40)39-14-11-23(12-15-39)38-26-13-16-42-18-28(26)41-3/h7-10,19,23,25-28,36,38H,2,4-6,11-18H2,1,3H3,(H2,35,37)/b29-20-/t25-,26+,27+,28-/m0/s1. The summed E-state index contributed by atoms with van der Waals surface area (Å²) in [5, 5.41) is 6.98. The molecule has 3 fully saturated rings. The van der Waals surface area contributed by atoms with Gasteiger partial charge in [0.1, 0.15) is 11.4 Å². The van der Waals surface area contributed by atoms with Crippen molar-refractivity contribution in [3.63, 3.8) is 0 Å². The summed E-state index contributed by atoms with van der Waals surface area (Å²) >= 11 is 0. The lowest BCUT2D eigenvalue weighted by atomic mass is 9.98. The van der Waals surface area contributed by atoms with E-state index in [-0.39, 0.29) is 47.7 Å². The van der Waals surface area contributed by atoms with E-state index in [2.05, 4.69) is 26.9 Å². The third-order valence-electron chi connectivity index (χ3n) is 8.43. The van der Waals surface area contributed by atoms with Gasteiger partial charge in [-0.25, -0.2) is 4.99 Å². The maximum atomic E-state index is 13.5. The number of halogens is 3. The van der Waals surface area contributed by atoms with Crippen molar-refractivity contribution < 1.29 is 36.9 Å². The number of nitrogens with two attached hydrogens (primary N) is 1. The summed E-state index contributed by atoms with van der Waals surface area (Å²) < 4.78 is 58.8. The molecule has 4 atom stereocenters. The smallest absolute Gasteiger partial charge is 0.406 e. The van der Waals surface area contributed by atoms with Crippen LogP contribution in [0.2, 0.25) is 0 Å². The van der Waals surface area contributed by atoms with Crippen LogP contribution in [0.3, 0.4) is 0 Å². The minimum atomic E-state index is -4.73. The van der Waals surface area contributed by atoms with Crippen molar-refractivity contribution in [2.24, 2.45) is 10.7 Å². The topological polar surface area (TPSA) is 120 Å². The van der Waals surface area contributed by atoms with Crippen LogP contribution in [0.1, 0.15) is 57.1 Å². The van der Waals surface area contributed by atoms with E-state index in [1.54, 1.807) is 31.1 Å². The highest BCUT2D eigenvalue weighted by Crippen LogP contribution is 2.33. The molecule has 0 bridgehead atoms. The van der Waals surface area contributed by atoms with Gasteiger partial charge in [-0.15, -0.1) is 13.2 Å². The largest absolute Gasteiger partial charge is 0.573 e. The summed E-state index contributed by atoms with van der Waals surface area (Å²) in [6.45, 7) is 8.84. The highest BCUT2D eigenvalue weighted by atomic mass is 19.4. The normalized spacial score (nSPS) is 25.9. The van der Waals surface area contributed by atoms with E-state index in [0.29, 0.717) is 44.1 Å². The SMILES string of the molecule is C=C(NC[C@@H]1CCC[C@H](c2ccc(OC(F)(F)F)cc2)O1)/C(C)=C(\N=C/N)C(=O)N1CCC(N[C@@H]2CCOC[C@@H]2OC)CC1. The molecule has 3 aliphatic rings. The molecule has 4 N–H and O–H groups in total. The lowest BCUT2D eigenvalue weighted by Gasteiger charge is -2.38. The van der Waals surface area contributed by atoms with Crippen molar-refractivity contribution in [2.45, 2.75) is 82.2 Å². The fraction of sp³-hybridized carbons (Fsp3) is 0.613. The van der Waals surface area contributed by atoms with Crippen LogP contribution >= 0.6 is 0 Å². The molecule has 0 aliphatic carbocycles. The number of amides is 1. The first-order valence-electron chi connectivity index (χ1n) is 15.1. The number of allylic oxidation sites excluding steroid dienone is 1. The predicted octanol–water partition coefficient (Wildman–Crippen LogP) is 3.94. The first kappa shape index (κ1) is 33.8. The number of hydrogen-bond acceptors (Lipinski definition) is 8. The van der Waals surface area contributed by atoms with Gasteiger partial charge in [0.05, 0.1) is 31.3 Å². The van der Waals surface area contributed by atoms with Crippen molar-refractivity contribution >= 4 is 12.2 Å². The number of methoxy groups -OCH3 is 1. The Balaban J connectivity index is 1.29. The molecule has 3 aliphatic heterocycles. The number of carbonyl (C=O) groups excluding carboxylic acids is 1. The summed E-state index contributed by atoms with van der Waals surface area (Å²) in [5.74, 6) is -0.464. The van der Waals surface area contributed by atoms with Crippen molar-refractivity contribution in [2.75, 3.05) is 40.0 Å². The second-order valence-electron chi connectivity index (χ2n) is 11.4. The lowest BCUT2D eigenvalue weighted by molar-refractivity contribution is -0.274. The molecule has 0 aromatic heterocycles. The lowest BCUT2D eigenvalue weighted by Crippen LogP contribution is -2.54. The number of aliphatic imine (C=N–C) groups is 1. The molecular formula is C31H44F3N5O5. The van der Waals surface area contributed by atoms with Crippen molar-refractivity contribution in [1.29, 1.82) is 0 Å². The summed E-state index contributed by atoms with van der Waals surface area (Å²) in [6.07, 6.45) is 0.997. The minimum absolute atomic E-state index is 0.0242. The summed E-state index contributed by atoms with van der Waals surface area (Å²) in [4.78, 5) is 19.5. The van der Waals surface area contributed by atoms with Crippen LogP contribution in [0.4, 0.5) is 13.2 Å². The summed E-state index contributed by atoms with van der Waals surface area (Å²) in [5.41, 5.74) is 7.79. The molecule has 44 heavy (non-hydrogen) atoms. The van der Waals surface area contributed by atoms with Gasteiger partial charge in [0.2, 0.25) is 0 Å². The molecule has 0 saturated carbocycles. The Morgan fingerprint density at radius 2 is 1.91 bits per heavy atom. The van der Waals surface area contributed by atoms with Gasteiger partial charge in [0, 0.05) is 56.7 Å². The number of benzene rings is 1. The fourth-order valence-corrected chi connectivity index (χ4v) is 5.91.